The Balaban J connectivity index is 1.62. The molecule has 21 heavy (non-hydrogen) atoms. The highest BCUT2D eigenvalue weighted by Crippen LogP contribution is 2.41. The third kappa shape index (κ3) is 3.47. The molecule has 1 aromatic rings. The summed E-state index contributed by atoms with van der Waals surface area (Å²) in [5.41, 5.74) is 1.95. The molecule has 2 aliphatic rings. The zero-order chi connectivity index (χ0) is 14.8. The van der Waals surface area contributed by atoms with E-state index >= 15 is 0 Å². The van der Waals surface area contributed by atoms with E-state index in [0.717, 1.165) is 11.3 Å². The lowest BCUT2D eigenvalue weighted by Crippen LogP contribution is -2.47. The monoisotopic (exact) mass is 292 g/mol. The standard InChI is InChI=1S/C16H24N2O3/c1-11(2)21-10-13-9-18(7-8-20-13)16(19)14-5-6-17-15(14)12-3-4-12/h5-6,11-13,17H,3-4,7-10H2,1-2H3. The lowest BCUT2D eigenvalue weighted by atomic mass is 10.1. The summed E-state index contributed by atoms with van der Waals surface area (Å²) in [6.07, 6.45) is 4.42. The summed E-state index contributed by atoms with van der Waals surface area (Å²) >= 11 is 0. The molecule has 0 aromatic carbocycles. The summed E-state index contributed by atoms with van der Waals surface area (Å²) in [5, 5.41) is 0. The molecule has 1 aromatic heterocycles. The Labute approximate surface area is 125 Å². The van der Waals surface area contributed by atoms with Crippen molar-refractivity contribution in [2.24, 2.45) is 0 Å². The van der Waals surface area contributed by atoms with Crippen molar-refractivity contribution in [3.05, 3.63) is 23.5 Å². The van der Waals surface area contributed by atoms with Crippen LogP contribution in [-0.2, 0) is 9.47 Å². The van der Waals surface area contributed by atoms with Crippen molar-refractivity contribution in [2.45, 2.75) is 44.8 Å². The lowest BCUT2D eigenvalue weighted by Gasteiger charge is -2.33. The maximum absolute atomic E-state index is 12.7. The maximum atomic E-state index is 12.7. The van der Waals surface area contributed by atoms with E-state index in [1.807, 2.05) is 31.0 Å². The van der Waals surface area contributed by atoms with E-state index in [0.29, 0.717) is 32.2 Å². The van der Waals surface area contributed by atoms with Gasteiger partial charge in [0, 0.05) is 25.0 Å². The summed E-state index contributed by atoms with van der Waals surface area (Å²) in [6, 6.07) is 1.91. The van der Waals surface area contributed by atoms with E-state index < -0.39 is 0 Å². The number of nitrogens with zero attached hydrogens (tertiary/aromatic N) is 1. The number of nitrogens with one attached hydrogen (secondary N) is 1. The van der Waals surface area contributed by atoms with Crippen LogP contribution in [0.5, 0.6) is 0 Å². The number of morpholine rings is 1. The van der Waals surface area contributed by atoms with Gasteiger partial charge in [0.15, 0.2) is 0 Å². The van der Waals surface area contributed by atoms with Crippen molar-refractivity contribution in [2.75, 3.05) is 26.3 Å². The van der Waals surface area contributed by atoms with Gasteiger partial charge in [-0.25, -0.2) is 0 Å². The van der Waals surface area contributed by atoms with Gasteiger partial charge in [0.2, 0.25) is 0 Å². The number of aromatic amines is 1. The van der Waals surface area contributed by atoms with Crippen molar-refractivity contribution >= 4 is 5.91 Å². The van der Waals surface area contributed by atoms with Crippen LogP contribution in [0.4, 0.5) is 0 Å². The summed E-state index contributed by atoms with van der Waals surface area (Å²) < 4.78 is 11.3. The highest BCUT2D eigenvalue weighted by Gasteiger charge is 2.32. The summed E-state index contributed by atoms with van der Waals surface area (Å²) in [5.74, 6) is 0.677. The van der Waals surface area contributed by atoms with Gasteiger partial charge in [-0.3, -0.25) is 4.79 Å². The molecule has 0 radical (unpaired) electrons. The van der Waals surface area contributed by atoms with Crippen LogP contribution in [0.2, 0.25) is 0 Å². The van der Waals surface area contributed by atoms with Crippen LogP contribution in [-0.4, -0.2) is 54.3 Å². The summed E-state index contributed by atoms with van der Waals surface area (Å²) in [6.45, 7) is 6.42. The first kappa shape index (κ1) is 14.6. The molecular formula is C16H24N2O3. The Morgan fingerprint density at radius 3 is 3.05 bits per heavy atom. The second-order valence-electron chi connectivity index (χ2n) is 6.21. The van der Waals surface area contributed by atoms with E-state index in [1.165, 1.54) is 12.8 Å². The van der Waals surface area contributed by atoms with Crippen LogP contribution >= 0.6 is 0 Å². The van der Waals surface area contributed by atoms with Gasteiger partial charge in [-0.2, -0.15) is 0 Å². The van der Waals surface area contributed by atoms with Crippen molar-refractivity contribution in [3.8, 4) is 0 Å². The van der Waals surface area contributed by atoms with Crippen molar-refractivity contribution < 1.29 is 14.3 Å². The average molecular weight is 292 g/mol. The van der Waals surface area contributed by atoms with Crippen LogP contribution in [0.3, 0.4) is 0 Å². The molecule has 0 bridgehead atoms. The van der Waals surface area contributed by atoms with Gasteiger partial charge >= 0.3 is 0 Å². The van der Waals surface area contributed by atoms with Crippen LogP contribution in [0.25, 0.3) is 0 Å². The number of carbonyl (C=O) groups excluding carboxylic acids is 1. The molecule has 1 saturated heterocycles. The first-order chi connectivity index (χ1) is 10.1. The number of amides is 1. The first-order valence-corrected chi connectivity index (χ1v) is 7.85. The highest BCUT2D eigenvalue weighted by atomic mass is 16.5. The first-order valence-electron chi connectivity index (χ1n) is 7.85. The highest BCUT2D eigenvalue weighted by molar-refractivity contribution is 5.95. The van der Waals surface area contributed by atoms with Crippen LogP contribution in [0.15, 0.2) is 12.3 Å². The predicted octanol–water partition coefficient (Wildman–Crippen LogP) is 2.16. The molecule has 1 N–H and O–H groups in total. The Bertz CT molecular complexity index is 493. The molecule has 1 unspecified atom stereocenters. The SMILES string of the molecule is CC(C)OCC1CN(C(=O)c2cc[nH]c2C2CC2)CCO1. The number of ether oxygens (including phenoxy) is 2. The normalized spacial score (nSPS) is 22.8. The van der Waals surface area contributed by atoms with E-state index in [9.17, 15) is 4.79 Å². The molecular weight excluding hydrogens is 268 g/mol. The third-order valence-corrected chi connectivity index (χ3v) is 4.04. The van der Waals surface area contributed by atoms with Gasteiger partial charge in [-0.1, -0.05) is 0 Å². The zero-order valence-electron chi connectivity index (χ0n) is 12.8. The Morgan fingerprint density at radius 1 is 1.52 bits per heavy atom. The fraction of sp³-hybridized carbons (Fsp3) is 0.688. The third-order valence-electron chi connectivity index (χ3n) is 4.04. The lowest BCUT2D eigenvalue weighted by molar-refractivity contribution is -0.0725. The zero-order valence-corrected chi connectivity index (χ0v) is 12.8. The quantitative estimate of drug-likeness (QED) is 0.905. The number of hydrogen-bond acceptors (Lipinski definition) is 3. The van der Waals surface area contributed by atoms with Crippen molar-refractivity contribution in [3.63, 3.8) is 0 Å². The molecule has 1 atom stereocenters. The Hall–Kier alpha value is -1.33. The number of rotatable bonds is 5. The van der Waals surface area contributed by atoms with E-state index in [-0.39, 0.29) is 18.1 Å². The van der Waals surface area contributed by atoms with Crippen LogP contribution in [0, 0.1) is 0 Å². The van der Waals surface area contributed by atoms with E-state index in [1.54, 1.807) is 0 Å². The molecule has 1 aliphatic carbocycles. The van der Waals surface area contributed by atoms with Gasteiger partial charge < -0.3 is 19.4 Å². The van der Waals surface area contributed by atoms with Gasteiger partial charge in [-0.15, -0.1) is 0 Å². The minimum atomic E-state index is -0.0200. The predicted molar refractivity (Wildman–Crippen MR) is 79.5 cm³/mol. The maximum Gasteiger partial charge on any atom is 0.255 e. The molecule has 2 fully saturated rings. The van der Waals surface area contributed by atoms with Crippen LogP contribution < -0.4 is 0 Å². The van der Waals surface area contributed by atoms with Gasteiger partial charge in [-0.05, 0) is 38.7 Å². The number of H-pyrrole nitrogens is 1. The van der Waals surface area contributed by atoms with E-state index in [2.05, 4.69) is 4.98 Å². The Kier molecular flexibility index (Phi) is 4.31. The molecule has 1 saturated carbocycles. The van der Waals surface area contributed by atoms with Gasteiger partial charge in [0.1, 0.15) is 0 Å². The van der Waals surface area contributed by atoms with E-state index in [4.69, 9.17) is 9.47 Å². The molecule has 3 rings (SSSR count). The fourth-order valence-electron chi connectivity index (χ4n) is 2.75. The van der Waals surface area contributed by atoms with Crippen molar-refractivity contribution in [1.29, 1.82) is 0 Å². The largest absolute Gasteiger partial charge is 0.376 e. The summed E-state index contributed by atoms with van der Waals surface area (Å²) in [4.78, 5) is 17.8. The molecule has 1 amide bonds. The molecule has 0 spiro atoms. The molecule has 1 aliphatic heterocycles. The molecule has 116 valence electrons. The number of aromatic nitrogens is 1. The van der Waals surface area contributed by atoms with Gasteiger partial charge in [0.25, 0.3) is 5.91 Å². The van der Waals surface area contributed by atoms with Crippen molar-refractivity contribution in [1.82, 2.24) is 9.88 Å². The molecule has 2 heterocycles. The minimum absolute atomic E-state index is 0.0200. The second-order valence-corrected chi connectivity index (χ2v) is 6.21. The smallest absolute Gasteiger partial charge is 0.255 e. The average Bonchev–Trinajstić information content (AvgIpc) is 3.22. The number of hydrogen-bond donors (Lipinski definition) is 1. The molecule has 5 nitrogen and oxygen atoms in total. The van der Waals surface area contributed by atoms with Gasteiger partial charge in [0.05, 0.1) is 31.0 Å². The molecule has 5 heteroatoms. The topological polar surface area (TPSA) is 54.6 Å². The Morgan fingerprint density at radius 2 is 2.33 bits per heavy atom. The van der Waals surface area contributed by atoms with Crippen LogP contribution in [0.1, 0.15) is 48.7 Å². The summed E-state index contributed by atoms with van der Waals surface area (Å²) in [7, 11) is 0. The second kappa shape index (κ2) is 6.20. The fourth-order valence-corrected chi connectivity index (χ4v) is 2.75. The number of carbonyl (C=O) groups is 1. The minimum Gasteiger partial charge on any atom is -0.376 e.